The molecule has 1 saturated heterocycles. The second-order valence-electron chi connectivity index (χ2n) is 5.42. The largest absolute Gasteiger partial charge is 0.357 e. The summed E-state index contributed by atoms with van der Waals surface area (Å²) in [5.74, 6) is 2.31. The third-order valence-electron chi connectivity index (χ3n) is 3.08. The van der Waals surface area contributed by atoms with Gasteiger partial charge in [-0.05, 0) is 37.2 Å². The van der Waals surface area contributed by atoms with Crippen molar-refractivity contribution in [1.29, 1.82) is 0 Å². The number of guanidine groups is 1. The molecule has 108 valence electrons. The third kappa shape index (κ3) is 6.50. The molecule has 0 aliphatic carbocycles. The molecular weight excluding hydrogens is 357 g/mol. The fourth-order valence-corrected chi connectivity index (χ4v) is 2.53. The fourth-order valence-electron chi connectivity index (χ4n) is 2.11. The molecule has 1 rings (SSSR count). The van der Waals surface area contributed by atoms with Crippen molar-refractivity contribution in [3.8, 4) is 0 Å². The Morgan fingerprint density at radius 1 is 1.44 bits per heavy atom. The van der Waals surface area contributed by atoms with Crippen LogP contribution in [0.4, 0.5) is 0 Å². The summed E-state index contributed by atoms with van der Waals surface area (Å²) in [4.78, 5) is 7.12. The van der Waals surface area contributed by atoms with E-state index in [1.807, 2.05) is 11.8 Å². The lowest BCUT2D eigenvalue weighted by atomic mass is 9.93. The molecule has 0 saturated carbocycles. The molecule has 0 aromatic carbocycles. The summed E-state index contributed by atoms with van der Waals surface area (Å²) in [5.41, 5.74) is 0.440. The summed E-state index contributed by atoms with van der Waals surface area (Å²) in [6.07, 6.45) is 4.59. The van der Waals surface area contributed by atoms with E-state index in [9.17, 15) is 0 Å². The Hall–Kier alpha value is 0.350. The minimum atomic E-state index is 0. The highest BCUT2D eigenvalue weighted by atomic mass is 127. The zero-order valence-electron chi connectivity index (χ0n) is 12.2. The highest BCUT2D eigenvalue weighted by molar-refractivity contribution is 14.0. The predicted octanol–water partition coefficient (Wildman–Crippen LogP) is 3.05. The molecule has 0 spiro atoms. The van der Waals surface area contributed by atoms with Crippen LogP contribution in [0, 0.1) is 5.41 Å². The second kappa shape index (κ2) is 9.28. The first-order chi connectivity index (χ1) is 8.09. The van der Waals surface area contributed by atoms with Crippen molar-refractivity contribution in [2.75, 3.05) is 38.2 Å². The van der Waals surface area contributed by atoms with Gasteiger partial charge in [-0.1, -0.05) is 13.8 Å². The summed E-state index contributed by atoms with van der Waals surface area (Å²) in [6, 6.07) is 0. The molecule has 18 heavy (non-hydrogen) atoms. The van der Waals surface area contributed by atoms with E-state index in [2.05, 4.69) is 37.2 Å². The number of likely N-dealkylation sites (tertiary alicyclic amines) is 1. The van der Waals surface area contributed by atoms with Crippen molar-refractivity contribution in [3.05, 3.63) is 0 Å². The van der Waals surface area contributed by atoms with E-state index >= 15 is 0 Å². The molecule has 0 radical (unpaired) electrons. The van der Waals surface area contributed by atoms with Gasteiger partial charge in [0.1, 0.15) is 0 Å². The molecule has 3 nitrogen and oxygen atoms in total. The number of thioether (sulfide) groups is 1. The van der Waals surface area contributed by atoms with Crippen molar-refractivity contribution >= 4 is 41.7 Å². The van der Waals surface area contributed by atoms with Crippen LogP contribution in [-0.2, 0) is 0 Å². The number of halogens is 1. The van der Waals surface area contributed by atoms with Crippen LogP contribution in [0.5, 0.6) is 0 Å². The van der Waals surface area contributed by atoms with Crippen molar-refractivity contribution in [3.63, 3.8) is 0 Å². The van der Waals surface area contributed by atoms with Crippen molar-refractivity contribution < 1.29 is 0 Å². The maximum absolute atomic E-state index is 4.72. The Labute approximate surface area is 134 Å². The third-order valence-corrected chi connectivity index (χ3v) is 3.78. The Kier molecular flexibility index (Phi) is 9.47. The van der Waals surface area contributed by atoms with E-state index in [1.165, 1.54) is 18.6 Å². The van der Waals surface area contributed by atoms with E-state index in [1.54, 1.807) is 0 Å². The van der Waals surface area contributed by atoms with Gasteiger partial charge in [0.05, 0.1) is 0 Å². The van der Waals surface area contributed by atoms with Crippen LogP contribution in [0.25, 0.3) is 0 Å². The Balaban J connectivity index is 0.00000289. The molecule has 0 bridgehead atoms. The van der Waals surface area contributed by atoms with Crippen molar-refractivity contribution in [1.82, 2.24) is 10.2 Å². The highest BCUT2D eigenvalue weighted by Crippen LogP contribution is 2.28. The van der Waals surface area contributed by atoms with Crippen LogP contribution in [0.15, 0.2) is 4.99 Å². The monoisotopic (exact) mass is 385 g/mol. The topological polar surface area (TPSA) is 27.6 Å². The lowest BCUT2D eigenvalue weighted by molar-refractivity contribution is 0.370. The van der Waals surface area contributed by atoms with E-state index in [-0.39, 0.29) is 24.0 Å². The van der Waals surface area contributed by atoms with E-state index < -0.39 is 0 Å². The highest BCUT2D eigenvalue weighted by Gasteiger charge is 2.30. The zero-order chi connectivity index (χ0) is 12.7. The average Bonchev–Trinajstić information content (AvgIpc) is 2.63. The Morgan fingerprint density at radius 2 is 2.17 bits per heavy atom. The second-order valence-corrected chi connectivity index (χ2v) is 6.40. The number of nitrogens with one attached hydrogen (secondary N) is 1. The van der Waals surface area contributed by atoms with E-state index in [0.29, 0.717) is 5.41 Å². The van der Waals surface area contributed by atoms with Crippen LogP contribution in [-0.4, -0.2) is 49.0 Å². The predicted molar refractivity (Wildman–Crippen MR) is 94.4 cm³/mol. The quantitative estimate of drug-likeness (QED) is 0.341. The van der Waals surface area contributed by atoms with Crippen LogP contribution < -0.4 is 5.32 Å². The first-order valence-electron chi connectivity index (χ1n) is 6.61. The smallest absolute Gasteiger partial charge is 0.193 e. The molecule has 1 aliphatic heterocycles. The van der Waals surface area contributed by atoms with E-state index in [0.717, 1.165) is 32.1 Å². The summed E-state index contributed by atoms with van der Waals surface area (Å²) < 4.78 is 0. The maximum Gasteiger partial charge on any atom is 0.193 e. The molecule has 0 aromatic rings. The molecule has 0 aromatic heterocycles. The SMILES string of the molecule is CCNC(=NCCCSC)N1CCC(C)(C)C1.I. The van der Waals surface area contributed by atoms with Crippen LogP contribution in [0.3, 0.4) is 0 Å². The lowest BCUT2D eigenvalue weighted by Crippen LogP contribution is -2.40. The van der Waals surface area contributed by atoms with Gasteiger partial charge in [0, 0.05) is 26.2 Å². The number of aliphatic imine (C=N–C) groups is 1. The van der Waals surface area contributed by atoms with Crippen molar-refractivity contribution in [2.45, 2.75) is 33.6 Å². The van der Waals surface area contributed by atoms with Crippen LogP contribution in [0.2, 0.25) is 0 Å². The van der Waals surface area contributed by atoms with E-state index in [4.69, 9.17) is 4.99 Å². The molecule has 1 fully saturated rings. The number of nitrogens with zero attached hydrogens (tertiary/aromatic N) is 2. The number of rotatable bonds is 5. The molecule has 0 unspecified atom stereocenters. The first kappa shape index (κ1) is 18.4. The van der Waals surface area contributed by atoms with Gasteiger partial charge in [-0.3, -0.25) is 4.99 Å². The summed E-state index contributed by atoms with van der Waals surface area (Å²) in [7, 11) is 0. The maximum atomic E-state index is 4.72. The normalized spacial score (nSPS) is 18.7. The zero-order valence-corrected chi connectivity index (χ0v) is 15.3. The van der Waals surface area contributed by atoms with Gasteiger partial charge in [-0.15, -0.1) is 24.0 Å². The number of hydrogen-bond acceptors (Lipinski definition) is 2. The lowest BCUT2D eigenvalue weighted by Gasteiger charge is -2.23. The molecule has 1 heterocycles. The standard InChI is InChI=1S/C13H27N3S.HI/c1-5-14-12(15-8-6-10-17-4)16-9-7-13(2,3)11-16;/h5-11H2,1-4H3,(H,14,15);1H. The van der Waals surface area contributed by atoms with Gasteiger partial charge in [0.2, 0.25) is 0 Å². The van der Waals surface area contributed by atoms with Gasteiger partial charge in [0.15, 0.2) is 5.96 Å². The molecule has 1 aliphatic rings. The Bertz CT molecular complexity index is 257. The summed E-state index contributed by atoms with van der Waals surface area (Å²) >= 11 is 1.90. The first-order valence-corrected chi connectivity index (χ1v) is 8.00. The molecule has 5 heteroatoms. The van der Waals surface area contributed by atoms with Gasteiger partial charge in [0.25, 0.3) is 0 Å². The Morgan fingerprint density at radius 3 is 2.67 bits per heavy atom. The van der Waals surface area contributed by atoms with Crippen LogP contribution in [0.1, 0.15) is 33.6 Å². The minimum Gasteiger partial charge on any atom is -0.357 e. The molecule has 0 atom stereocenters. The van der Waals surface area contributed by atoms with Gasteiger partial charge >= 0.3 is 0 Å². The van der Waals surface area contributed by atoms with Crippen LogP contribution >= 0.6 is 35.7 Å². The minimum absolute atomic E-state index is 0. The van der Waals surface area contributed by atoms with Gasteiger partial charge in [-0.25, -0.2) is 0 Å². The van der Waals surface area contributed by atoms with Gasteiger partial charge in [-0.2, -0.15) is 11.8 Å². The fraction of sp³-hybridized carbons (Fsp3) is 0.923. The van der Waals surface area contributed by atoms with Crippen molar-refractivity contribution in [2.24, 2.45) is 10.4 Å². The molecule has 1 N–H and O–H groups in total. The molecule has 0 amide bonds. The van der Waals surface area contributed by atoms with Gasteiger partial charge < -0.3 is 10.2 Å². The average molecular weight is 385 g/mol. The number of hydrogen-bond donors (Lipinski definition) is 1. The summed E-state index contributed by atoms with van der Waals surface area (Å²) in [5, 5.41) is 3.41. The molecular formula is C13H28IN3S. The summed E-state index contributed by atoms with van der Waals surface area (Å²) in [6.45, 7) is 11.0.